The van der Waals surface area contributed by atoms with E-state index in [1.165, 1.54) is 0 Å². The van der Waals surface area contributed by atoms with Gasteiger partial charge in [0.15, 0.2) is 0 Å². The number of rotatable bonds is 4. The molecule has 90 valence electrons. The normalized spacial score (nSPS) is 27.8. The fourth-order valence-electron chi connectivity index (χ4n) is 3.15. The third-order valence-corrected chi connectivity index (χ3v) is 5.04. The Labute approximate surface area is 94.2 Å². The maximum Gasteiger partial charge on any atom is 0.0621 e. The highest BCUT2D eigenvalue weighted by Gasteiger charge is 2.67. The van der Waals surface area contributed by atoms with Crippen LogP contribution in [0.25, 0.3) is 0 Å². The molecule has 2 nitrogen and oxygen atoms in total. The molecule has 2 heteroatoms. The molecule has 0 aromatic rings. The molecule has 0 spiro atoms. The van der Waals surface area contributed by atoms with E-state index in [9.17, 15) is 5.11 Å². The average molecular weight is 213 g/mol. The van der Waals surface area contributed by atoms with Crippen molar-refractivity contribution < 1.29 is 5.11 Å². The summed E-state index contributed by atoms with van der Waals surface area (Å²) in [5, 5.41) is 10.4. The van der Waals surface area contributed by atoms with Crippen LogP contribution in [0, 0.1) is 28.6 Å². The van der Waals surface area contributed by atoms with Crippen LogP contribution in [-0.2, 0) is 0 Å². The number of aliphatic hydroxyl groups is 1. The molecule has 3 N–H and O–H groups in total. The first kappa shape index (κ1) is 13.0. The minimum Gasteiger partial charge on any atom is -0.392 e. The maximum atomic E-state index is 10.4. The molecule has 2 unspecified atom stereocenters. The standard InChI is InChI=1S/C13H27NO/c1-8(2)9(7-14)10(15)11-12(3,4)13(11,5)6/h8-11,15H,7,14H2,1-6H3. The molecule has 0 amide bonds. The van der Waals surface area contributed by atoms with Crippen molar-refractivity contribution in [2.45, 2.75) is 47.6 Å². The van der Waals surface area contributed by atoms with E-state index in [1.54, 1.807) is 0 Å². The van der Waals surface area contributed by atoms with Crippen molar-refractivity contribution >= 4 is 0 Å². The molecule has 0 saturated heterocycles. The van der Waals surface area contributed by atoms with E-state index in [2.05, 4.69) is 41.5 Å². The van der Waals surface area contributed by atoms with Crippen LogP contribution in [-0.4, -0.2) is 17.8 Å². The van der Waals surface area contributed by atoms with Crippen LogP contribution < -0.4 is 5.73 Å². The fraction of sp³-hybridized carbons (Fsp3) is 1.00. The second kappa shape index (κ2) is 3.74. The molecule has 1 saturated carbocycles. The topological polar surface area (TPSA) is 46.2 Å². The Morgan fingerprint density at radius 3 is 1.73 bits per heavy atom. The van der Waals surface area contributed by atoms with Crippen molar-refractivity contribution in [2.75, 3.05) is 6.54 Å². The summed E-state index contributed by atoms with van der Waals surface area (Å²) in [6, 6.07) is 0. The molecule has 0 aliphatic heterocycles. The van der Waals surface area contributed by atoms with E-state index in [-0.39, 0.29) is 22.9 Å². The van der Waals surface area contributed by atoms with Gasteiger partial charge in [0.2, 0.25) is 0 Å². The highest BCUT2D eigenvalue weighted by Crippen LogP contribution is 2.70. The lowest BCUT2D eigenvalue weighted by Crippen LogP contribution is -2.35. The third-order valence-electron chi connectivity index (χ3n) is 5.04. The lowest BCUT2D eigenvalue weighted by atomic mass is 9.85. The first-order valence-electron chi connectivity index (χ1n) is 6.06. The van der Waals surface area contributed by atoms with Crippen LogP contribution in [0.3, 0.4) is 0 Å². The van der Waals surface area contributed by atoms with Gasteiger partial charge in [0.25, 0.3) is 0 Å². The predicted molar refractivity (Wildman–Crippen MR) is 64.4 cm³/mol. The van der Waals surface area contributed by atoms with Crippen molar-refractivity contribution in [1.29, 1.82) is 0 Å². The Bertz CT molecular complexity index is 219. The molecular formula is C13H27NO. The van der Waals surface area contributed by atoms with Gasteiger partial charge >= 0.3 is 0 Å². The molecule has 2 atom stereocenters. The van der Waals surface area contributed by atoms with Crippen LogP contribution in [0.5, 0.6) is 0 Å². The van der Waals surface area contributed by atoms with E-state index < -0.39 is 0 Å². The Kier molecular flexibility index (Phi) is 3.24. The monoisotopic (exact) mass is 213 g/mol. The second-order valence-corrected chi connectivity index (χ2v) is 6.56. The molecule has 1 aliphatic rings. The molecule has 0 aromatic carbocycles. The van der Waals surface area contributed by atoms with Gasteiger partial charge in [-0.15, -0.1) is 0 Å². The molecule has 1 fully saturated rings. The first-order valence-corrected chi connectivity index (χ1v) is 6.06. The van der Waals surface area contributed by atoms with Crippen molar-refractivity contribution in [2.24, 2.45) is 34.3 Å². The Hall–Kier alpha value is -0.0800. The fourth-order valence-corrected chi connectivity index (χ4v) is 3.15. The molecule has 1 aliphatic carbocycles. The largest absolute Gasteiger partial charge is 0.392 e. The summed E-state index contributed by atoms with van der Waals surface area (Å²) in [7, 11) is 0. The number of hydrogen-bond donors (Lipinski definition) is 2. The quantitative estimate of drug-likeness (QED) is 0.752. The lowest BCUT2D eigenvalue weighted by Gasteiger charge is -2.26. The molecule has 0 heterocycles. The molecular weight excluding hydrogens is 186 g/mol. The van der Waals surface area contributed by atoms with Crippen LogP contribution in [0.2, 0.25) is 0 Å². The zero-order valence-electron chi connectivity index (χ0n) is 11.0. The van der Waals surface area contributed by atoms with Gasteiger partial charge in [0.1, 0.15) is 0 Å². The summed E-state index contributed by atoms with van der Waals surface area (Å²) in [4.78, 5) is 0. The van der Waals surface area contributed by atoms with Crippen LogP contribution in [0.15, 0.2) is 0 Å². The van der Waals surface area contributed by atoms with Crippen molar-refractivity contribution in [3.05, 3.63) is 0 Å². The Balaban J connectivity index is 2.75. The Morgan fingerprint density at radius 1 is 1.13 bits per heavy atom. The zero-order chi connectivity index (χ0) is 12.0. The van der Waals surface area contributed by atoms with Crippen molar-refractivity contribution in [3.8, 4) is 0 Å². The maximum absolute atomic E-state index is 10.4. The minimum absolute atomic E-state index is 0.232. The summed E-state index contributed by atoms with van der Waals surface area (Å²) < 4.78 is 0. The second-order valence-electron chi connectivity index (χ2n) is 6.56. The lowest BCUT2D eigenvalue weighted by molar-refractivity contribution is 0.0504. The summed E-state index contributed by atoms with van der Waals surface area (Å²) >= 11 is 0. The molecule has 15 heavy (non-hydrogen) atoms. The molecule has 0 radical (unpaired) electrons. The number of hydrogen-bond acceptors (Lipinski definition) is 2. The van der Waals surface area contributed by atoms with E-state index in [0.29, 0.717) is 18.4 Å². The van der Waals surface area contributed by atoms with E-state index >= 15 is 0 Å². The summed E-state index contributed by atoms with van der Waals surface area (Å²) in [5.41, 5.74) is 6.25. The first-order chi connectivity index (χ1) is 6.67. The highest BCUT2D eigenvalue weighted by atomic mass is 16.3. The molecule has 0 bridgehead atoms. The van der Waals surface area contributed by atoms with Crippen LogP contribution >= 0.6 is 0 Å². The van der Waals surface area contributed by atoms with Gasteiger partial charge in [0.05, 0.1) is 6.10 Å². The molecule has 1 rings (SSSR count). The zero-order valence-corrected chi connectivity index (χ0v) is 11.0. The number of nitrogens with two attached hydrogens (primary N) is 1. The average Bonchev–Trinajstić information content (AvgIpc) is 2.42. The smallest absolute Gasteiger partial charge is 0.0621 e. The van der Waals surface area contributed by atoms with Gasteiger partial charge in [-0.1, -0.05) is 41.5 Å². The summed E-state index contributed by atoms with van der Waals surface area (Å²) in [6.07, 6.45) is -0.250. The number of aliphatic hydroxyl groups excluding tert-OH is 1. The van der Waals surface area contributed by atoms with Gasteiger partial charge in [-0.05, 0) is 35.1 Å². The third kappa shape index (κ3) is 1.83. The van der Waals surface area contributed by atoms with Gasteiger partial charge in [-0.2, -0.15) is 0 Å². The predicted octanol–water partition coefficient (Wildman–Crippen LogP) is 2.26. The van der Waals surface area contributed by atoms with Gasteiger partial charge in [-0.25, -0.2) is 0 Å². The minimum atomic E-state index is -0.250. The molecule has 0 aromatic heterocycles. The summed E-state index contributed by atoms with van der Waals surface area (Å²) in [6.45, 7) is 13.8. The van der Waals surface area contributed by atoms with Gasteiger partial charge < -0.3 is 10.8 Å². The Morgan fingerprint density at radius 2 is 1.53 bits per heavy atom. The SMILES string of the molecule is CC(C)C(CN)C(O)C1C(C)(C)C1(C)C. The van der Waals surface area contributed by atoms with Crippen LogP contribution in [0.4, 0.5) is 0 Å². The van der Waals surface area contributed by atoms with E-state index in [0.717, 1.165) is 0 Å². The highest BCUT2D eigenvalue weighted by molar-refractivity contribution is 5.15. The van der Waals surface area contributed by atoms with E-state index in [1.807, 2.05) is 0 Å². The van der Waals surface area contributed by atoms with Gasteiger partial charge in [-0.3, -0.25) is 0 Å². The van der Waals surface area contributed by atoms with E-state index in [4.69, 9.17) is 5.73 Å². The van der Waals surface area contributed by atoms with Crippen molar-refractivity contribution in [1.82, 2.24) is 0 Å². The summed E-state index contributed by atoms with van der Waals surface area (Å²) in [5.74, 6) is 1.08. The van der Waals surface area contributed by atoms with Crippen molar-refractivity contribution in [3.63, 3.8) is 0 Å². The van der Waals surface area contributed by atoms with Crippen LogP contribution in [0.1, 0.15) is 41.5 Å². The van der Waals surface area contributed by atoms with Gasteiger partial charge in [0, 0.05) is 0 Å².